The zero-order chi connectivity index (χ0) is 15.0. The molecule has 0 saturated carbocycles. The van der Waals surface area contributed by atoms with E-state index in [0.717, 1.165) is 43.6 Å². The van der Waals surface area contributed by atoms with Crippen LogP contribution < -0.4 is 5.32 Å². The first kappa shape index (κ1) is 17.6. The summed E-state index contributed by atoms with van der Waals surface area (Å²) in [6, 6.07) is 3.62. The summed E-state index contributed by atoms with van der Waals surface area (Å²) in [6.45, 7) is 6.52. The van der Waals surface area contributed by atoms with Gasteiger partial charge < -0.3 is 5.32 Å². The first-order valence-corrected chi connectivity index (χ1v) is 9.53. The molecule has 1 heterocycles. The summed E-state index contributed by atoms with van der Waals surface area (Å²) in [6.07, 6.45) is 4.16. The number of thiophene rings is 1. The molecule has 0 aliphatic heterocycles. The lowest BCUT2D eigenvalue weighted by atomic mass is 10.2. The molecular formula is C14H26N2O2S2. The lowest BCUT2D eigenvalue weighted by Crippen LogP contribution is -2.27. The molecule has 116 valence electrons. The number of rotatable bonds is 10. The topological polar surface area (TPSA) is 49.4 Å². The lowest BCUT2D eigenvalue weighted by molar-refractivity contribution is 0.456. The van der Waals surface area contributed by atoms with Crippen LogP contribution in [0.5, 0.6) is 0 Å². The first-order chi connectivity index (χ1) is 9.52. The van der Waals surface area contributed by atoms with Gasteiger partial charge in [0.1, 0.15) is 4.21 Å². The van der Waals surface area contributed by atoms with Crippen molar-refractivity contribution in [2.45, 2.75) is 50.3 Å². The molecule has 6 heteroatoms. The van der Waals surface area contributed by atoms with E-state index in [1.165, 1.54) is 15.6 Å². The Labute approximate surface area is 127 Å². The van der Waals surface area contributed by atoms with Gasteiger partial charge >= 0.3 is 0 Å². The molecule has 0 fully saturated rings. The third-order valence-corrected chi connectivity index (χ3v) is 6.51. The van der Waals surface area contributed by atoms with Crippen LogP contribution in [0.15, 0.2) is 16.3 Å². The molecule has 0 amide bonds. The van der Waals surface area contributed by atoms with Crippen molar-refractivity contribution < 1.29 is 8.42 Å². The van der Waals surface area contributed by atoms with Crippen LogP contribution in [0.4, 0.5) is 0 Å². The van der Waals surface area contributed by atoms with Crippen molar-refractivity contribution in [2.75, 3.05) is 20.1 Å². The molecule has 1 rings (SSSR count). The maximum atomic E-state index is 12.4. The van der Waals surface area contributed by atoms with E-state index in [0.29, 0.717) is 10.8 Å². The number of sulfonamides is 1. The molecular weight excluding hydrogens is 292 g/mol. The zero-order valence-corrected chi connectivity index (χ0v) is 14.3. The summed E-state index contributed by atoms with van der Waals surface area (Å²) in [5.74, 6) is 0. The van der Waals surface area contributed by atoms with Gasteiger partial charge in [0.15, 0.2) is 0 Å². The van der Waals surface area contributed by atoms with E-state index in [9.17, 15) is 8.42 Å². The highest BCUT2D eigenvalue weighted by atomic mass is 32.2. The Morgan fingerprint density at radius 1 is 1.20 bits per heavy atom. The van der Waals surface area contributed by atoms with Crippen molar-refractivity contribution in [1.82, 2.24) is 9.62 Å². The third-order valence-electron chi connectivity index (χ3n) is 3.10. The standard InChI is InChI=1S/C14H26N2O2S2/c1-4-6-7-11-16(3)20(17,18)14-9-8-13(19-14)12-15-10-5-2/h8-9,15H,4-7,10-12H2,1-3H3. The Hall–Kier alpha value is -0.430. The molecule has 0 saturated heterocycles. The minimum absolute atomic E-state index is 0.449. The maximum absolute atomic E-state index is 12.4. The van der Waals surface area contributed by atoms with Gasteiger partial charge in [-0.3, -0.25) is 0 Å². The summed E-state index contributed by atoms with van der Waals surface area (Å²) in [7, 11) is -1.64. The molecule has 1 aromatic heterocycles. The highest BCUT2D eigenvalue weighted by Gasteiger charge is 2.22. The average molecular weight is 319 g/mol. The van der Waals surface area contributed by atoms with Crippen molar-refractivity contribution in [2.24, 2.45) is 0 Å². The number of unbranched alkanes of at least 4 members (excludes halogenated alkanes) is 2. The fourth-order valence-electron chi connectivity index (χ4n) is 1.84. The zero-order valence-electron chi connectivity index (χ0n) is 12.7. The summed E-state index contributed by atoms with van der Waals surface area (Å²) in [5, 5.41) is 3.29. The number of nitrogens with one attached hydrogen (secondary N) is 1. The lowest BCUT2D eigenvalue weighted by Gasteiger charge is -2.15. The largest absolute Gasteiger partial charge is 0.312 e. The van der Waals surface area contributed by atoms with E-state index < -0.39 is 10.0 Å². The van der Waals surface area contributed by atoms with Gasteiger partial charge in [-0.25, -0.2) is 12.7 Å². The van der Waals surface area contributed by atoms with Gasteiger partial charge in [0, 0.05) is 25.0 Å². The van der Waals surface area contributed by atoms with Crippen molar-refractivity contribution in [3.8, 4) is 0 Å². The van der Waals surface area contributed by atoms with Crippen molar-refractivity contribution in [1.29, 1.82) is 0 Å². The van der Waals surface area contributed by atoms with E-state index in [-0.39, 0.29) is 0 Å². The first-order valence-electron chi connectivity index (χ1n) is 7.28. The fourth-order valence-corrected chi connectivity index (χ4v) is 4.58. The van der Waals surface area contributed by atoms with Crippen molar-refractivity contribution in [3.05, 3.63) is 17.0 Å². The molecule has 4 nitrogen and oxygen atoms in total. The molecule has 0 aliphatic rings. The third kappa shape index (κ3) is 5.16. The Bertz CT molecular complexity index is 483. The number of nitrogens with zero attached hydrogens (tertiary/aromatic N) is 1. The molecule has 0 atom stereocenters. The van der Waals surface area contributed by atoms with Gasteiger partial charge in [-0.2, -0.15) is 0 Å². The second-order valence-electron chi connectivity index (χ2n) is 4.93. The smallest absolute Gasteiger partial charge is 0.252 e. The summed E-state index contributed by atoms with van der Waals surface area (Å²) < 4.78 is 26.7. The van der Waals surface area contributed by atoms with Crippen molar-refractivity contribution >= 4 is 21.4 Å². The predicted octanol–water partition coefficient (Wildman–Crippen LogP) is 3.06. The summed E-state index contributed by atoms with van der Waals surface area (Å²) in [4.78, 5) is 1.07. The summed E-state index contributed by atoms with van der Waals surface area (Å²) >= 11 is 1.37. The minimum Gasteiger partial charge on any atom is -0.312 e. The fraction of sp³-hybridized carbons (Fsp3) is 0.714. The molecule has 1 aromatic rings. The van der Waals surface area contributed by atoms with Gasteiger partial charge in [-0.05, 0) is 31.5 Å². The van der Waals surface area contributed by atoms with Gasteiger partial charge in [0.25, 0.3) is 10.0 Å². The normalized spacial score (nSPS) is 12.2. The second-order valence-corrected chi connectivity index (χ2v) is 8.37. The minimum atomic E-state index is -3.31. The van der Waals surface area contributed by atoms with Crippen LogP contribution in [0.2, 0.25) is 0 Å². The van der Waals surface area contributed by atoms with Gasteiger partial charge in [0.2, 0.25) is 0 Å². The van der Waals surface area contributed by atoms with E-state index >= 15 is 0 Å². The SMILES string of the molecule is CCCCCN(C)S(=O)(=O)c1ccc(CNCCC)s1. The molecule has 0 unspecified atom stereocenters. The van der Waals surface area contributed by atoms with E-state index in [1.54, 1.807) is 13.1 Å². The number of hydrogen-bond acceptors (Lipinski definition) is 4. The Morgan fingerprint density at radius 2 is 1.95 bits per heavy atom. The van der Waals surface area contributed by atoms with Crippen LogP contribution in [0.25, 0.3) is 0 Å². The van der Waals surface area contributed by atoms with Crippen LogP contribution in [0.3, 0.4) is 0 Å². The van der Waals surface area contributed by atoms with Crippen LogP contribution in [0.1, 0.15) is 44.4 Å². The van der Waals surface area contributed by atoms with E-state index in [2.05, 4.69) is 19.2 Å². The monoisotopic (exact) mass is 318 g/mol. The van der Waals surface area contributed by atoms with Crippen LogP contribution in [0, 0.1) is 0 Å². The molecule has 1 N–H and O–H groups in total. The average Bonchev–Trinajstić information content (AvgIpc) is 2.88. The molecule has 0 radical (unpaired) electrons. The molecule has 0 aliphatic carbocycles. The highest BCUT2D eigenvalue weighted by Crippen LogP contribution is 2.24. The van der Waals surface area contributed by atoms with Crippen molar-refractivity contribution in [3.63, 3.8) is 0 Å². The molecule has 20 heavy (non-hydrogen) atoms. The van der Waals surface area contributed by atoms with E-state index in [1.807, 2.05) is 6.07 Å². The van der Waals surface area contributed by atoms with Gasteiger partial charge in [0.05, 0.1) is 0 Å². The second kappa shape index (κ2) is 8.77. The Kier molecular flexibility index (Phi) is 7.72. The predicted molar refractivity (Wildman–Crippen MR) is 85.7 cm³/mol. The number of hydrogen-bond donors (Lipinski definition) is 1. The van der Waals surface area contributed by atoms with Gasteiger partial charge in [-0.1, -0.05) is 26.7 Å². The molecule has 0 bridgehead atoms. The van der Waals surface area contributed by atoms with Crippen LogP contribution in [-0.2, 0) is 16.6 Å². The van der Waals surface area contributed by atoms with Crippen LogP contribution in [-0.4, -0.2) is 32.9 Å². The quantitative estimate of drug-likeness (QED) is 0.675. The van der Waals surface area contributed by atoms with Crippen LogP contribution >= 0.6 is 11.3 Å². The Balaban J connectivity index is 2.62. The maximum Gasteiger partial charge on any atom is 0.252 e. The highest BCUT2D eigenvalue weighted by molar-refractivity contribution is 7.91. The Morgan fingerprint density at radius 3 is 2.60 bits per heavy atom. The molecule has 0 aromatic carbocycles. The van der Waals surface area contributed by atoms with E-state index in [4.69, 9.17) is 0 Å². The summed E-state index contributed by atoms with van der Waals surface area (Å²) in [5.41, 5.74) is 0. The molecule has 0 spiro atoms. The van der Waals surface area contributed by atoms with Gasteiger partial charge in [-0.15, -0.1) is 11.3 Å².